The Morgan fingerprint density at radius 2 is 1.35 bits per heavy atom. The molecule has 0 aromatic carbocycles. The lowest BCUT2D eigenvalue weighted by molar-refractivity contribution is 0.790. The first-order chi connectivity index (χ1) is 9.59. The zero-order chi connectivity index (χ0) is 14.5. The molecule has 2 aromatic heterocycles. The molecule has 0 saturated heterocycles. The number of nitrogens with one attached hydrogen (secondary N) is 2. The number of unbranched alkanes of at least 4 members (excludes halogenated alkanes) is 1. The Labute approximate surface area is 112 Å². The third-order valence-corrected chi connectivity index (χ3v) is 2.44. The molecule has 0 fully saturated rings. The summed E-state index contributed by atoms with van der Waals surface area (Å²) in [6, 6.07) is 0. The number of nitrogens with zero attached hydrogens (tertiary/aromatic N) is 6. The molecule has 0 radical (unpaired) electrons. The molecule has 2 aromatic rings. The number of hydrogen-bond donors (Lipinski definition) is 2. The highest BCUT2D eigenvalue weighted by Gasteiger charge is 2.00. The van der Waals surface area contributed by atoms with Gasteiger partial charge in [-0.3, -0.25) is 0 Å². The van der Waals surface area contributed by atoms with Crippen LogP contribution in [0, 0.1) is 13.8 Å². The van der Waals surface area contributed by atoms with Crippen molar-refractivity contribution >= 4 is 12.4 Å². The van der Waals surface area contributed by atoms with Crippen molar-refractivity contribution in [3.8, 4) is 0 Å². The lowest BCUT2D eigenvalue weighted by Crippen LogP contribution is -2.14. The number of aromatic nitrogens is 6. The van der Waals surface area contributed by atoms with Gasteiger partial charge in [0.25, 0.3) is 0 Å². The minimum atomic E-state index is -0.381. The summed E-state index contributed by atoms with van der Waals surface area (Å²) >= 11 is 0. The van der Waals surface area contributed by atoms with Gasteiger partial charge in [0.1, 0.15) is 0 Å². The molecule has 20 heavy (non-hydrogen) atoms. The monoisotopic (exact) mass is 278 g/mol. The van der Waals surface area contributed by atoms with E-state index in [1.54, 1.807) is 26.3 Å². The van der Waals surface area contributed by atoms with E-state index in [0.717, 1.165) is 0 Å². The molecule has 0 unspecified atom stereocenters. The first-order valence-electron chi connectivity index (χ1n) is 5.93. The summed E-state index contributed by atoms with van der Waals surface area (Å²) in [5, 5.41) is 20.0. The first kappa shape index (κ1) is 13.6. The smallest absolute Gasteiger partial charge is 0.244 e. The van der Waals surface area contributed by atoms with E-state index in [0.29, 0.717) is 24.5 Å². The van der Waals surface area contributed by atoms with Gasteiger partial charge in [-0.1, -0.05) is 0 Å². The van der Waals surface area contributed by atoms with Gasteiger partial charge in [-0.2, -0.15) is 29.8 Å². The normalized spacial score (nSPS) is 11.9. The molecule has 106 valence electrons. The molecule has 0 aliphatic carbocycles. The van der Waals surface area contributed by atoms with Crippen LogP contribution in [0.15, 0.2) is 19.8 Å². The van der Waals surface area contributed by atoms with Gasteiger partial charge in [0.15, 0.2) is 11.6 Å². The van der Waals surface area contributed by atoms with Crippen LogP contribution in [-0.4, -0.2) is 42.2 Å². The highest BCUT2D eigenvalue weighted by atomic mass is 16.2. The summed E-state index contributed by atoms with van der Waals surface area (Å²) in [7, 11) is 0. The summed E-state index contributed by atoms with van der Waals surface area (Å²) in [5.41, 5.74) is -0.763. The molecule has 0 bridgehead atoms. The number of H-pyrrole nitrogens is 2. The van der Waals surface area contributed by atoms with Crippen LogP contribution in [0.25, 0.3) is 0 Å². The first-order valence-corrected chi connectivity index (χ1v) is 5.93. The Hall–Kier alpha value is -2.78. The van der Waals surface area contributed by atoms with E-state index in [4.69, 9.17) is 0 Å². The number of aryl methyl sites for hydroxylation is 2. The van der Waals surface area contributed by atoms with E-state index >= 15 is 0 Å². The predicted octanol–water partition coefficient (Wildman–Crippen LogP) is -0.779. The van der Waals surface area contributed by atoms with Crippen molar-refractivity contribution < 1.29 is 0 Å². The lowest BCUT2D eigenvalue weighted by Gasteiger charge is -1.92. The molecule has 2 rings (SSSR count). The van der Waals surface area contributed by atoms with Crippen molar-refractivity contribution in [2.24, 2.45) is 10.2 Å². The molecular weight excluding hydrogens is 264 g/mol. The fourth-order valence-electron chi connectivity index (χ4n) is 1.44. The van der Waals surface area contributed by atoms with Gasteiger partial charge < -0.3 is 0 Å². The summed E-state index contributed by atoms with van der Waals surface area (Å²) in [6.45, 7) is 3.34. The maximum atomic E-state index is 11.2. The van der Waals surface area contributed by atoms with Crippen LogP contribution in [0.3, 0.4) is 0 Å². The Bertz CT molecular complexity index is 680. The van der Waals surface area contributed by atoms with Gasteiger partial charge in [0.05, 0.1) is 0 Å². The molecular formula is C10H14N8O2. The second kappa shape index (κ2) is 5.91. The van der Waals surface area contributed by atoms with Crippen LogP contribution < -0.4 is 11.4 Å². The van der Waals surface area contributed by atoms with Crippen LogP contribution in [0.4, 0.5) is 0 Å². The summed E-state index contributed by atoms with van der Waals surface area (Å²) in [4.78, 5) is 22.5. The van der Waals surface area contributed by atoms with Crippen molar-refractivity contribution in [2.45, 2.75) is 26.7 Å². The predicted molar refractivity (Wildman–Crippen MR) is 72.2 cm³/mol. The van der Waals surface area contributed by atoms with Crippen LogP contribution in [0.2, 0.25) is 0 Å². The quantitative estimate of drug-likeness (QED) is 0.549. The third-order valence-electron chi connectivity index (χ3n) is 2.44. The molecule has 0 amide bonds. The second-order valence-corrected chi connectivity index (χ2v) is 3.95. The summed E-state index contributed by atoms with van der Waals surface area (Å²) in [5.74, 6) is 0.973. The van der Waals surface area contributed by atoms with E-state index in [1.165, 1.54) is 9.35 Å². The largest absolute Gasteiger partial charge is 0.364 e. The average Bonchev–Trinajstić information content (AvgIpc) is 2.90. The maximum Gasteiger partial charge on any atom is 0.364 e. The molecule has 10 nitrogen and oxygen atoms in total. The molecule has 0 aliphatic heterocycles. The van der Waals surface area contributed by atoms with Gasteiger partial charge in [0, 0.05) is 12.4 Å². The van der Waals surface area contributed by atoms with Crippen molar-refractivity contribution in [3.05, 3.63) is 32.6 Å². The summed E-state index contributed by atoms with van der Waals surface area (Å²) in [6.07, 6.45) is 4.32. The number of aromatic amines is 2. The van der Waals surface area contributed by atoms with E-state index in [9.17, 15) is 9.59 Å². The molecule has 0 saturated carbocycles. The minimum Gasteiger partial charge on any atom is -0.244 e. The standard InChI is InChI=1S/C10H14N8O2/c1-7-13-15-9(19)17(7)11-5-3-4-6-12-18-8(2)14-16-10(18)20/h5-6H,3-4H2,1-2H3,(H,15,19)(H,16,20)/b11-5+,12-6+. The number of hydrogen-bond acceptors (Lipinski definition) is 6. The molecule has 0 aliphatic rings. The van der Waals surface area contributed by atoms with Crippen molar-refractivity contribution in [3.63, 3.8) is 0 Å². The van der Waals surface area contributed by atoms with Crippen LogP contribution in [-0.2, 0) is 0 Å². The highest BCUT2D eigenvalue weighted by molar-refractivity contribution is 5.65. The molecule has 0 atom stereocenters. The lowest BCUT2D eigenvalue weighted by atomic mass is 10.3. The fraction of sp³-hybridized carbons (Fsp3) is 0.400. The molecule has 2 heterocycles. The fourth-order valence-corrected chi connectivity index (χ4v) is 1.44. The van der Waals surface area contributed by atoms with Crippen LogP contribution in [0.5, 0.6) is 0 Å². The summed E-state index contributed by atoms with van der Waals surface area (Å²) < 4.78 is 2.34. The Balaban J connectivity index is 1.88. The van der Waals surface area contributed by atoms with Crippen LogP contribution in [0.1, 0.15) is 24.5 Å². The number of rotatable bonds is 5. The second-order valence-electron chi connectivity index (χ2n) is 3.95. The van der Waals surface area contributed by atoms with Gasteiger partial charge >= 0.3 is 11.4 Å². The Morgan fingerprint density at radius 3 is 1.65 bits per heavy atom. The maximum absolute atomic E-state index is 11.2. The Kier molecular flexibility index (Phi) is 4.03. The van der Waals surface area contributed by atoms with Crippen LogP contribution >= 0.6 is 0 Å². The zero-order valence-corrected chi connectivity index (χ0v) is 11.1. The average molecular weight is 278 g/mol. The minimum absolute atomic E-state index is 0.381. The van der Waals surface area contributed by atoms with Crippen molar-refractivity contribution in [1.29, 1.82) is 0 Å². The van der Waals surface area contributed by atoms with Crippen molar-refractivity contribution in [1.82, 2.24) is 29.7 Å². The third kappa shape index (κ3) is 2.96. The topological polar surface area (TPSA) is 126 Å². The van der Waals surface area contributed by atoms with Crippen molar-refractivity contribution in [2.75, 3.05) is 0 Å². The molecule has 2 N–H and O–H groups in total. The SMILES string of the molecule is Cc1n[nH]c(=O)n1/N=C/CC/C=N/n1c(C)n[nH]c1=O. The molecule has 10 heteroatoms. The Morgan fingerprint density at radius 1 is 0.950 bits per heavy atom. The molecule has 0 spiro atoms. The zero-order valence-electron chi connectivity index (χ0n) is 11.1. The van der Waals surface area contributed by atoms with E-state index in [1.807, 2.05) is 0 Å². The van der Waals surface area contributed by atoms with E-state index in [2.05, 4.69) is 30.6 Å². The van der Waals surface area contributed by atoms with Gasteiger partial charge in [-0.15, -0.1) is 0 Å². The van der Waals surface area contributed by atoms with E-state index in [-0.39, 0.29) is 11.4 Å². The van der Waals surface area contributed by atoms with Gasteiger partial charge in [0.2, 0.25) is 0 Å². The van der Waals surface area contributed by atoms with Gasteiger partial charge in [-0.05, 0) is 26.7 Å². The highest BCUT2D eigenvalue weighted by Crippen LogP contribution is 1.89. The van der Waals surface area contributed by atoms with E-state index < -0.39 is 0 Å². The van der Waals surface area contributed by atoms with Gasteiger partial charge in [-0.25, -0.2) is 19.8 Å².